The Morgan fingerprint density at radius 2 is 2.22 bits per heavy atom. The van der Waals surface area contributed by atoms with Crippen molar-refractivity contribution in [2.45, 2.75) is 0 Å². The first kappa shape index (κ1) is 10.5. The van der Waals surface area contributed by atoms with Crippen LogP contribution in [0.3, 0.4) is 0 Å². The number of nitrogens with one attached hydrogen (secondary N) is 2. The van der Waals surface area contributed by atoms with Crippen molar-refractivity contribution in [3.05, 3.63) is 31.0 Å². The second-order valence-electron chi connectivity index (χ2n) is 3.80. The van der Waals surface area contributed by atoms with Gasteiger partial charge in [0.25, 0.3) is 0 Å². The molecule has 0 aromatic carbocycles. The van der Waals surface area contributed by atoms with Crippen LogP contribution in [0.1, 0.15) is 0 Å². The van der Waals surface area contributed by atoms with Gasteiger partial charge in [-0.15, -0.1) is 0 Å². The third kappa shape index (κ3) is 1.74. The van der Waals surface area contributed by atoms with Gasteiger partial charge in [-0.1, -0.05) is 0 Å². The van der Waals surface area contributed by atoms with Crippen LogP contribution in [0.2, 0.25) is 0 Å². The maximum absolute atomic E-state index is 5.39. The molecule has 4 N–H and O–H groups in total. The lowest BCUT2D eigenvalue weighted by Crippen LogP contribution is -2.10. The van der Waals surface area contributed by atoms with Crippen LogP contribution < -0.4 is 16.6 Å². The van der Waals surface area contributed by atoms with Crippen LogP contribution >= 0.6 is 0 Å². The molecule has 3 rings (SSSR count). The van der Waals surface area contributed by atoms with E-state index in [-0.39, 0.29) is 0 Å². The van der Waals surface area contributed by atoms with Gasteiger partial charge >= 0.3 is 0 Å². The fourth-order valence-electron chi connectivity index (χ4n) is 1.71. The zero-order valence-electron chi connectivity index (χ0n) is 9.70. The van der Waals surface area contributed by atoms with Crippen molar-refractivity contribution in [2.75, 3.05) is 10.7 Å². The molecule has 0 saturated heterocycles. The third-order valence-electron chi connectivity index (χ3n) is 2.49. The van der Waals surface area contributed by atoms with Crippen molar-refractivity contribution in [2.24, 2.45) is 12.9 Å². The SMILES string of the molecule is Cn1cc(Nc2nc(NN)cn3ccnc23)cn1. The van der Waals surface area contributed by atoms with Gasteiger partial charge in [0.1, 0.15) is 0 Å². The lowest BCUT2D eigenvalue weighted by molar-refractivity contribution is 0.768. The molecule has 3 aromatic heterocycles. The van der Waals surface area contributed by atoms with Crippen molar-refractivity contribution in [1.82, 2.24) is 24.1 Å². The second kappa shape index (κ2) is 4.00. The average Bonchev–Trinajstić information content (AvgIpc) is 2.98. The number of hydrogen-bond donors (Lipinski definition) is 3. The van der Waals surface area contributed by atoms with E-state index in [2.05, 4.69) is 25.8 Å². The third-order valence-corrected chi connectivity index (χ3v) is 2.49. The van der Waals surface area contributed by atoms with Gasteiger partial charge in [-0.05, 0) is 0 Å². The quantitative estimate of drug-likeness (QED) is 0.458. The van der Waals surface area contributed by atoms with Crippen molar-refractivity contribution in [3.63, 3.8) is 0 Å². The van der Waals surface area contributed by atoms with E-state index in [0.717, 1.165) is 11.3 Å². The molecule has 0 spiro atoms. The fourth-order valence-corrected chi connectivity index (χ4v) is 1.71. The highest BCUT2D eigenvalue weighted by Crippen LogP contribution is 2.20. The maximum atomic E-state index is 5.39. The minimum Gasteiger partial charge on any atom is -0.334 e. The highest BCUT2D eigenvalue weighted by Gasteiger charge is 2.08. The summed E-state index contributed by atoms with van der Waals surface area (Å²) >= 11 is 0. The van der Waals surface area contributed by atoms with Gasteiger partial charge in [0.15, 0.2) is 17.3 Å². The Morgan fingerprint density at radius 3 is 2.94 bits per heavy atom. The summed E-state index contributed by atoms with van der Waals surface area (Å²) in [4.78, 5) is 8.57. The molecule has 0 amide bonds. The molecule has 3 aromatic rings. The molecular formula is C10H12N8. The number of nitrogen functional groups attached to an aromatic ring is 1. The van der Waals surface area contributed by atoms with E-state index in [1.807, 2.05) is 23.8 Å². The number of nitrogens with two attached hydrogens (primary N) is 1. The predicted octanol–water partition coefficient (Wildman–Crippen LogP) is 0.492. The molecule has 3 heterocycles. The minimum atomic E-state index is 0.548. The van der Waals surface area contributed by atoms with Crippen LogP contribution in [-0.2, 0) is 7.05 Å². The maximum Gasteiger partial charge on any atom is 0.180 e. The molecule has 0 aliphatic rings. The van der Waals surface area contributed by atoms with Gasteiger partial charge in [-0.2, -0.15) is 5.10 Å². The number of imidazole rings is 1. The van der Waals surface area contributed by atoms with Crippen molar-refractivity contribution in [3.8, 4) is 0 Å². The number of anilines is 3. The molecule has 0 aliphatic carbocycles. The highest BCUT2D eigenvalue weighted by molar-refractivity contribution is 5.70. The van der Waals surface area contributed by atoms with E-state index in [4.69, 9.17) is 5.84 Å². The number of hydrazine groups is 1. The van der Waals surface area contributed by atoms with Crippen molar-refractivity contribution in [1.29, 1.82) is 0 Å². The summed E-state index contributed by atoms with van der Waals surface area (Å²) in [5.41, 5.74) is 4.08. The topological polar surface area (TPSA) is 98.1 Å². The predicted molar refractivity (Wildman–Crippen MR) is 67.3 cm³/mol. The molecule has 18 heavy (non-hydrogen) atoms. The van der Waals surface area contributed by atoms with Crippen LogP contribution in [0, 0.1) is 0 Å². The van der Waals surface area contributed by atoms with Crippen molar-refractivity contribution >= 4 is 23.0 Å². The summed E-state index contributed by atoms with van der Waals surface area (Å²) in [6.07, 6.45) is 8.85. The molecular weight excluding hydrogens is 232 g/mol. The zero-order valence-corrected chi connectivity index (χ0v) is 9.70. The first-order valence-electron chi connectivity index (χ1n) is 5.32. The number of aryl methyl sites for hydroxylation is 1. The lowest BCUT2D eigenvalue weighted by Gasteiger charge is -2.07. The van der Waals surface area contributed by atoms with Crippen LogP contribution in [0.5, 0.6) is 0 Å². The number of aromatic nitrogens is 5. The fraction of sp³-hybridized carbons (Fsp3) is 0.100. The van der Waals surface area contributed by atoms with Gasteiger partial charge in [0.2, 0.25) is 0 Å². The normalized spacial score (nSPS) is 10.8. The minimum absolute atomic E-state index is 0.548. The molecule has 92 valence electrons. The molecule has 0 bridgehead atoms. The standard InChI is InChI=1S/C10H12N8/c1-17-5-7(4-13-17)14-9-10-12-2-3-18(10)6-8(15-9)16-11/h2-6,16H,11H2,1H3,(H,14,15). The molecule has 0 aliphatic heterocycles. The number of fused-ring (bicyclic) bond motifs is 1. The Labute approximate surface area is 102 Å². The van der Waals surface area contributed by atoms with Crippen LogP contribution in [0.4, 0.5) is 17.3 Å². The lowest BCUT2D eigenvalue weighted by atomic mass is 10.5. The first-order chi connectivity index (χ1) is 8.76. The van der Waals surface area contributed by atoms with Crippen molar-refractivity contribution < 1.29 is 0 Å². The molecule has 0 fully saturated rings. The molecule has 0 radical (unpaired) electrons. The molecule has 0 unspecified atom stereocenters. The molecule has 0 atom stereocenters. The molecule has 8 heteroatoms. The Bertz CT molecular complexity index is 682. The Kier molecular flexibility index (Phi) is 2.34. The first-order valence-corrected chi connectivity index (χ1v) is 5.32. The van der Waals surface area contributed by atoms with Crippen LogP contribution in [0.15, 0.2) is 31.0 Å². The van der Waals surface area contributed by atoms with Gasteiger partial charge in [0, 0.05) is 25.6 Å². The largest absolute Gasteiger partial charge is 0.334 e. The Morgan fingerprint density at radius 1 is 1.33 bits per heavy atom. The van der Waals surface area contributed by atoms with E-state index in [0.29, 0.717) is 11.6 Å². The number of rotatable bonds is 3. The average molecular weight is 244 g/mol. The summed E-state index contributed by atoms with van der Waals surface area (Å²) in [6, 6.07) is 0. The number of nitrogens with zero attached hydrogens (tertiary/aromatic N) is 5. The van der Waals surface area contributed by atoms with E-state index in [1.54, 1.807) is 23.3 Å². The molecule has 8 nitrogen and oxygen atoms in total. The summed E-state index contributed by atoms with van der Waals surface area (Å²) in [5, 5.41) is 7.24. The highest BCUT2D eigenvalue weighted by atomic mass is 15.3. The Balaban J connectivity index is 2.06. The van der Waals surface area contributed by atoms with Gasteiger partial charge in [-0.25, -0.2) is 15.8 Å². The van der Waals surface area contributed by atoms with E-state index in [9.17, 15) is 0 Å². The summed E-state index contributed by atoms with van der Waals surface area (Å²) in [7, 11) is 1.85. The zero-order chi connectivity index (χ0) is 12.5. The van der Waals surface area contributed by atoms with Crippen LogP contribution in [-0.4, -0.2) is 24.1 Å². The van der Waals surface area contributed by atoms with Gasteiger partial charge in [0.05, 0.1) is 18.1 Å². The van der Waals surface area contributed by atoms with Gasteiger partial charge < -0.3 is 15.1 Å². The Hall–Kier alpha value is -2.61. The van der Waals surface area contributed by atoms with Gasteiger partial charge in [-0.3, -0.25) is 4.68 Å². The molecule has 0 saturated carbocycles. The summed E-state index contributed by atoms with van der Waals surface area (Å²) < 4.78 is 3.54. The second-order valence-corrected chi connectivity index (χ2v) is 3.80. The monoisotopic (exact) mass is 244 g/mol. The van der Waals surface area contributed by atoms with E-state index < -0.39 is 0 Å². The number of hydrogen-bond acceptors (Lipinski definition) is 6. The summed E-state index contributed by atoms with van der Waals surface area (Å²) in [5.74, 6) is 6.55. The van der Waals surface area contributed by atoms with E-state index in [1.165, 1.54) is 0 Å². The smallest absolute Gasteiger partial charge is 0.180 e. The summed E-state index contributed by atoms with van der Waals surface area (Å²) in [6.45, 7) is 0. The van der Waals surface area contributed by atoms with Crippen LogP contribution in [0.25, 0.3) is 5.65 Å². The van der Waals surface area contributed by atoms with E-state index >= 15 is 0 Å².